The summed E-state index contributed by atoms with van der Waals surface area (Å²) in [5, 5.41) is 0.634. The fourth-order valence-electron chi connectivity index (χ4n) is 2.18. The van der Waals surface area contributed by atoms with Crippen LogP contribution in [0.1, 0.15) is 5.56 Å². The molecule has 20 heavy (non-hydrogen) atoms. The predicted octanol–water partition coefficient (Wildman–Crippen LogP) is 3.45. The van der Waals surface area contributed by atoms with Crippen LogP contribution in [-0.2, 0) is 9.84 Å². The van der Waals surface area contributed by atoms with Crippen LogP contribution in [0.5, 0.6) is 0 Å². The number of rotatable bonds is 2. The molecule has 0 atom stereocenters. The van der Waals surface area contributed by atoms with E-state index in [2.05, 4.69) is 4.98 Å². The highest BCUT2D eigenvalue weighted by Gasteiger charge is 2.22. The van der Waals surface area contributed by atoms with Crippen LogP contribution in [0.3, 0.4) is 0 Å². The van der Waals surface area contributed by atoms with Gasteiger partial charge >= 0.3 is 0 Å². The Kier molecular flexibility index (Phi) is 2.87. The highest BCUT2D eigenvalue weighted by molar-refractivity contribution is 7.91. The number of hydrogen-bond donors (Lipinski definition) is 1. The number of nitrogens with one attached hydrogen (secondary N) is 1. The first-order valence-electron chi connectivity index (χ1n) is 6.07. The van der Waals surface area contributed by atoms with Gasteiger partial charge in [0, 0.05) is 17.1 Å². The van der Waals surface area contributed by atoms with E-state index in [0.29, 0.717) is 10.9 Å². The van der Waals surface area contributed by atoms with Crippen LogP contribution in [0.2, 0.25) is 0 Å². The zero-order valence-corrected chi connectivity index (χ0v) is 11.5. The summed E-state index contributed by atoms with van der Waals surface area (Å²) in [7, 11) is -3.66. The molecule has 0 bridgehead atoms. The third kappa shape index (κ3) is 1.91. The SMILES string of the molecule is Cc1cc(S(=O)(=O)c2c[nH]c3ccccc23)ccc1F. The van der Waals surface area contributed by atoms with Crippen molar-refractivity contribution in [3.63, 3.8) is 0 Å². The molecule has 5 heteroatoms. The Morgan fingerprint density at radius 2 is 1.85 bits per heavy atom. The Morgan fingerprint density at radius 1 is 1.10 bits per heavy atom. The van der Waals surface area contributed by atoms with Gasteiger partial charge in [-0.25, -0.2) is 12.8 Å². The Hall–Kier alpha value is -2.14. The number of fused-ring (bicyclic) bond motifs is 1. The fraction of sp³-hybridized carbons (Fsp3) is 0.0667. The fourth-order valence-corrected chi connectivity index (χ4v) is 3.69. The molecule has 3 aromatic rings. The molecule has 1 heterocycles. The van der Waals surface area contributed by atoms with Crippen LogP contribution < -0.4 is 0 Å². The quantitative estimate of drug-likeness (QED) is 0.735. The summed E-state index contributed by atoms with van der Waals surface area (Å²) in [5.41, 5.74) is 1.07. The first-order valence-corrected chi connectivity index (χ1v) is 7.56. The van der Waals surface area contributed by atoms with Crippen molar-refractivity contribution in [3.8, 4) is 0 Å². The van der Waals surface area contributed by atoms with E-state index in [4.69, 9.17) is 0 Å². The minimum atomic E-state index is -3.66. The van der Waals surface area contributed by atoms with E-state index in [1.807, 2.05) is 12.1 Å². The zero-order chi connectivity index (χ0) is 14.3. The van der Waals surface area contributed by atoms with E-state index < -0.39 is 15.7 Å². The number of sulfone groups is 1. The number of hydrogen-bond acceptors (Lipinski definition) is 2. The number of aromatic nitrogens is 1. The van der Waals surface area contributed by atoms with Crippen molar-refractivity contribution in [1.82, 2.24) is 4.98 Å². The molecule has 0 saturated heterocycles. The molecule has 0 spiro atoms. The van der Waals surface area contributed by atoms with Gasteiger partial charge in [-0.05, 0) is 36.8 Å². The van der Waals surface area contributed by atoms with Crippen molar-refractivity contribution in [1.29, 1.82) is 0 Å². The Labute approximate surface area is 116 Å². The second-order valence-corrected chi connectivity index (χ2v) is 6.53. The van der Waals surface area contributed by atoms with Crippen LogP contribution in [0.25, 0.3) is 10.9 Å². The average Bonchev–Trinajstić information content (AvgIpc) is 2.86. The van der Waals surface area contributed by atoms with Crippen LogP contribution >= 0.6 is 0 Å². The second-order valence-electron chi connectivity index (χ2n) is 4.61. The molecule has 0 fully saturated rings. The third-order valence-corrected chi connectivity index (χ3v) is 5.07. The largest absolute Gasteiger partial charge is 0.360 e. The molecule has 2 aromatic carbocycles. The van der Waals surface area contributed by atoms with Crippen molar-refractivity contribution >= 4 is 20.7 Å². The second kappa shape index (κ2) is 4.45. The molecule has 0 aliphatic rings. The van der Waals surface area contributed by atoms with Gasteiger partial charge in [-0.2, -0.15) is 0 Å². The lowest BCUT2D eigenvalue weighted by atomic mass is 10.2. The van der Waals surface area contributed by atoms with Crippen LogP contribution in [-0.4, -0.2) is 13.4 Å². The van der Waals surface area contributed by atoms with Gasteiger partial charge in [0.15, 0.2) is 0 Å². The Morgan fingerprint density at radius 3 is 2.60 bits per heavy atom. The zero-order valence-electron chi connectivity index (χ0n) is 10.7. The van der Waals surface area contributed by atoms with E-state index in [0.717, 1.165) is 5.52 Å². The highest BCUT2D eigenvalue weighted by Crippen LogP contribution is 2.28. The maximum Gasteiger partial charge on any atom is 0.208 e. The molecule has 3 nitrogen and oxygen atoms in total. The van der Waals surface area contributed by atoms with E-state index in [-0.39, 0.29) is 9.79 Å². The minimum absolute atomic E-state index is 0.0983. The molecule has 1 N–H and O–H groups in total. The summed E-state index contributed by atoms with van der Waals surface area (Å²) in [6.45, 7) is 1.55. The van der Waals surface area contributed by atoms with Gasteiger partial charge in [-0.3, -0.25) is 0 Å². The molecule has 0 aliphatic carbocycles. The van der Waals surface area contributed by atoms with Gasteiger partial charge in [0.25, 0.3) is 0 Å². The maximum absolute atomic E-state index is 13.3. The number of halogens is 1. The van der Waals surface area contributed by atoms with Crippen LogP contribution in [0.15, 0.2) is 58.5 Å². The minimum Gasteiger partial charge on any atom is -0.360 e. The number of H-pyrrole nitrogens is 1. The summed E-state index contributed by atoms with van der Waals surface area (Å²) in [4.78, 5) is 3.24. The van der Waals surface area contributed by atoms with Crippen molar-refractivity contribution in [2.75, 3.05) is 0 Å². The van der Waals surface area contributed by atoms with Gasteiger partial charge in [0.2, 0.25) is 9.84 Å². The molecule has 1 aromatic heterocycles. The van der Waals surface area contributed by atoms with Gasteiger partial charge in [0.1, 0.15) is 5.82 Å². The van der Waals surface area contributed by atoms with Crippen LogP contribution in [0, 0.1) is 12.7 Å². The van der Waals surface area contributed by atoms with E-state index in [9.17, 15) is 12.8 Å². The smallest absolute Gasteiger partial charge is 0.208 e. The first-order chi connectivity index (χ1) is 9.50. The number of para-hydroxylation sites is 1. The van der Waals surface area contributed by atoms with Gasteiger partial charge in [-0.15, -0.1) is 0 Å². The summed E-state index contributed by atoms with van der Waals surface area (Å²) in [6.07, 6.45) is 1.47. The van der Waals surface area contributed by atoms with Gasteiger partial charge in [0.05, 0.1) is 9.79 Å². The number of aryl methyl sites for hydroxylation is 1. The number of benzene rings is 2. The van der Waals surface area contributed by atoms with Gasteiger partial charge < -0.3 is 4.98 Å². The van der Waals surface area contributed by atoms with E-state index in [1.165, 1.54) is 24.4 Å². The van der Waals surface area contributed by atoms with E-state index in [1.54, 1.807) is 19.1 Å². The first kappa shape index (κ1) is 12.9. The summed E-state index contributed by atoms with van der Waals surface area (Å²) < 4.78 is 38.5. The topological polar surface area (TPSA) is 49.9 Å². The van der Waals surface area contributed by atoms with Crippen molar-refractivity contribution in [2.24, 2.45) is 0 Å². The molecule has 0 unspecified atom stereocenters. The van der Waals surface area contributed by atoms with Crippen molar-refractivity contribution in [3.05, 3.63) is 60.0 Å². The lowest BCUT2D eigenvalue weighted by Gasteiger charge is -2.05. The molecule has 3 rings (SSSR count). The molecule has 0 aliphatic heterocycles. The summed E-state index contributed by atoms with van der Waals surface area (Å²) >= 11 is 0. The van der Waals surface area contributed by atoms with Gasteiger partial charge in [-0.1, -0.05) is 18.2 Å². The molecular weight excluding hydrogens is 277 g/mol. The molecule has 102 valence electrons. The predicted molar refractivity (Wildman–Crippen MR) is 74.9 cm³/mol. The summed E-state index contributed by atoms with van der Waals surface area (Å²) in [5.74, 6) is -0.414. The lowest BCUT2D eigenvalue weighted by Crippen LogP contribution is -2.02. The third-order valence-electron chi connectivity index (χ3n) is 3.28. The highest BCUT2D eigenvalue weighted by atomic mass is 32.2. The van der Waals surface area contributed by atoms with Crippen molar-refractivity contribution in [2.45, 2.75) is 16.7 Å². The maximum atomic E-state index is 13.3. The normalized spacial score (nSPS) is 11.9. The molecule has 0 radical (unpaired) electrons. The number of aromatic amines is 1. The Bertz CT molecular complexity index is 897. The standard InChI is InChI=1S/C15H12FNO2S/c1-10-8-11(6-7-13(10)16)20(18,19)15-9-17-14-5-3-2-4-12(14)15/h2-9,17H,1H3. The monoisotopic (exact) mass is 289 g/mol. The lowest BCUT2D eigenvalue weighted by molar-refractivity contribution is 0.594. The molecule has 0 amide bonds. The van der Waals surface area contributed by atoms with Crippen LogP contribution in [0.4, 0.5) is 4.39 Å². The average molecular weight is 289 g/mol. The van der Waals surface area contributed by atoms with Crippen molar-refractivity contribution < 1.29 is 12.8 Å². The Balaban J connectivity index is 2.23. The molecule has 0 saturated carbocycles. The molecular formula is C15H12FNO2S. The summed E-state index contributed by atoms with van der Waals surface area (Å²) in [6, 6.07) is 11.0. The van der Waals surface area contributed by atoms with E-state index >= 15 is 0 Å².